The third-order valence-corrected chi connectivity index (χ3v) is 4.44. The number of nitrogens with two attached hydrogens (primary N) is 1. The molecular formula is C16H16Cl2N2. The van der Waals surface area contributed by atoms with Gasteiger partial charge >= 0.3 is 0 Å². The summed E-state index contributed by atoms with van der Waals surface area (Å²) in [5, 5.41) is 1.18. The highest BCUT2D eigenvalue weighted by molar-refractivity contribution is 6.42. The largest absolute Gasteiger partial charge is 0.365 e. The molecule has 0 spiro atoms. The van der Waals surface area contributed by atoms with Crippen LogP contribution in [0.15, 0.2) is 36.4 Å². The first kappa shape index (κ1) is 13.7. The molecular weight excluding hydrogens is 291 g/mol. The average Bonchev–Trinajstić information content (AvgIpc) is 2.70. The van der Waals surface area contributed by atoms with Crippen LogP contribution in [-0.2, 0) is 6.54 Å². The Bertz CT molecular complexity index is 655. The predicted octanol–water partition coefficient (Wildman–Crippen LogP) is 4.32. The van der Waals surface area contributed by atoms with Gasteiger partial charge in [-0.05, 0) is 36.2 Å². The van der Waals surface area contributed by atoms with Crippen molar-refractivity contribution in [3.8, 4) is 0 Å². The van der Waals surface area contributed by atoms with Crippen molar-refractivity contribution >= 4 is 28.9 Å². The second-order valence-electron chi connectivity index (χ2n) is 5.30. The minimum atomic E-state index is 0.0765. The molecule has 2 nitrogen and oxygen atoms in total. The molecule has 1 unspecified atom stereocenters. The van der Waals surface area contributed by atoms with E-state index in [1.807, 2.05) is 18.2 Å². The molecule has 1 aliphatic rings. The van der Waals surface area contributed by atoms with Gasteiger partial charge in [-0.2, -0.15) is 0 Å². The molecule has 0 saturated carbocycles. The number of rotatable bonds is 2. The number of fused-ring (bicyclic) bond motifs is 1. The fraction of sp³-hybridized carbons (Fsp3) is 0.250. The lowest BCUT2D eigenvalue weighted by molar-refractivity contribution is 0.720. The summed E-state index contributed by atoms with van der Waals surface area (Å²) in [4.78, 5) is 2.29. The molecule has 0 fully saturated rings. The van der Waals surface area contributed by atoms with Gasteiger partial charge in [-0.15, -0.1) is 0 Å². The Morgan fingerprint density at radius 1 is 1.15 bits per heavy atom. The lowest BCUT2D eigenvalue weighted by Gasteiger charge is -2.20. The zero-order chi connectivity index (χ0) is 14.3. The number of hydrogen-bond donors (Lipinski definition) is 1. The minimum absolute atomic E-state index is 0.0765. The maximum atomic E-state index is 6.22. The molecule has 0 bridgehead atoms. The van der Waals surface area contributed by atoms with Crippen LogP contribution in [-0.4, -0.2) is 6.54 Å². The summed E-state index contributed by atoms with van der Waals surface area (Å²) in [5.74, 6) is 0. The van der Waals surface area contributed by atoms with Crippen LogP contribution in [0.25, 0.3) is 0 Å². The molecule has 1 atom stereocenters. The molecule has 4 heteroatoms. The van der Waals surface area contributed by atoms with E-state index in [4.69, 9.17) is 28.9 Å². The van der Waals surface area contributed by atoms with Crippen LogP contribution in [0.5, 0.6) is 0 Å². The predicted molar refractivity (Wildman–Crippen MR) is 85.6 cm³/mol. The molecule has 0 radical (unpaired) electrons. The van der Waals surface area contributed by atoms with Gasteiger partial charge in [-0.1, -0.05) is 47.0 Å². The minimum Gasteiger partial charge on any atom is -0.365 e. The highest BCUT2D eigenvalue weighted by atomic mass is 35.5. The molecule has 0 aromatic heterocycles. The van der Waals surface area contributed by atoms with Gasteiger partial charge in [-0.3, -0.25) is 0 Å². The summed E-state index contributed by atoms with van der Waals surface area (Å²) < 4.78 is 0. The van der Waals surface area contributed by atoms with Crippen molar-refractivity contribution in [1.29, 1.82) is 0 Å². The topological polar surface area (TPSA) is 29.3 Å². The van der Waals surface area contributed by atoms with Gasteiger partial charge in [0.05, 0.1) is 10.0 Å². The molecule has 3 rings (SSSR count). The van der Waals surface area contributed by atoms with Crippen LogP contribution in [0.2, 0.25) is 10.0 Å². The van der Waals surface area contributed by atoms with E-state index < -0.39 is 0 Å². The number of anilines is 1. The summed E-state index contributed by atoms with van der Waals surface area (Å²) in [6.45, 7) is 3.72. The molecule has 104 valence electrons. The lowest BCUT2D eigenvalue weighted by atomic mass is 10.1. The molecule has 2 aromatic carbocycles. The molecule has 2 N–H and O–H groups in total. The molecule has 0 saturated heterocycles. The van der Waals surface area contributed by atoms with Crippen molar-refractivity contribution in [2.75, 3.05) is 11.4 Å². The van der Waals surface area contributed by atoms with Crippen LogP contribution < -0.4 is 10.6 Å². The summed E-state index contributed by atoms with van der Waals surface area (Å²) in [6.07, 6.45) is 0. The van der Waals surface area contributed by atoms with Crippen molar-refractivity contribution in [2.45, 2.75) is 19.5 Å². The number of halogens is 2. The van der Waals surface area contributed by atoms with Crippen molar-refractivity contribution < 1.29 is 0 Å². The normalized spacial score (nSPS) is 17.4. The summed E-state index contributed by atoms with van der Waals surface area (Å²) in [6, 6.07) is 12.3. The highest BCUT2D eigenvalue weighted by Gasteiger charge is 2.25. The standard InChI is InChI=1S/C16H16Cl2N2/c1-10-2-5-16-12(6-10)15(19)9-20(16)8-11-3-4-13(17)14(18)7-11/h2-7,15H,8-9,19H2,1H3. The Morgan fingerprint density at radius 3 is 2.70 bits per heavy atom. The van der Waals surface area contributed by atoms with Gasteiger partial charge in [0.25, 0.3) is 0 Å². The van der Waals surface area contributed by atoms with E-state index in [1.165, 1.54) is 16.8 Å². The van der Waals surface area contributed by atoms with Crippen LogP contribution in [0, 0.1) is 6.92 Å². The van der Waals surface area contributed by atoms with Gasteiger partial charge in [-0.25, -0.2) is 0 Å². The summed E-state index contributed by atoms with van der Waals surface area (Å²) in [7, 11) is 0. The molecule has 0 aliphatic carbocycles. The SMILES string of the molecule is Cc1ccc2c(c1)C(N)CN2Cc1ccc(Cl)c(Cl)c1. The zero-order valence-electron chi connectivity index (χ0n) is 11.2. The second kappa shape index (κ2) is 5.28. The van der Waals surface area contributed by atoms with Crippen LogP contribution in [0.3, 0.4) is 0 Å². The van der Waals surface area contributed by atoms with Crippen molar-refractivity contribution in [3.05, 3.63) is 63.1 Å². The van der Waals surface area contributed by atoms with Gasteiger partial charge < -0.3 is 10.6 Å². The van der Waals surface area contributed by atoms with Crippen molar-refractivity contribution in [3.63, 3.8) is 0 Å². The van der Waals surface area contributed by atoms with Gasteiger partial charge in [0.15, 0.2) is 0 Å². The third kappa shape index (κ3) is 2.51. The van der Waals surface area contributed by atoms with Gasteiger partial charge in [0.1, 0.15) is 0 Å². The van der Waals surface area contributed by atoms with Crippen LogP contribution in [0.4, 0.5) is 5.69 Å². The first-order valence-electron chi connectivity index (χ1n) is 6.59. The van der Waals surface area contributed by atoms with Gasteiger partial charge in [0.2, 0.25) is 0 Å². The summed E-state index contributed by atoms with van der Waals surface area (Å²) in [5.41, 5.74) is 11.1. The maximum Gasteiger partial charge on any atom is 0.0595 e. The Balaban J connectivity index is 1.88. The number of benzene rings is 2. The first-order chi connectivity index (χ1) is 9.54. The Kier molecular flexibility index (Phi) is 3.63. The average molecular weight is 307 g/mol. The quantitative estimate of drug-likeness (QED) is 0.895. The van der Waals surface area contributed by atoms with Crippen LogP contribution >= 0.6 is 23.2 Å². The van der Waals surface area contributed by atoms with E-state index >= 15 is 0 Å². The lowest BCUT2D eigenvalue weighted by Crippen LogP contribution is -2.23. The number of hydrogen-bond acceptors (Lipinski definition) is 2. The third-order valence-electron chi connectivity index (χ3n) is 3.70. The van der Waals surface area contributed by atoms with E-state index in [0.717, 1.165) is 18.7 Å². The Labute approximate surface area is 129 Å². The van der Waals surface area contributed by atoms with E-state index in [9.17, 15) is 0 Å². The molecule has 1 heterocycles. The fourth-order valence-electron chi connectivity index (χ4n) is 2.70. The summed E-state index contributed by atoms with van der Waals surface area (Å²) >= 11 is 12.0. The maximum absolute atomic E-state index is 6.22. The van der Waals surface area contributed by atoms with E-state index in [-0.39, 0.29) is 6.04 Å². The Morgan fingerprint density at radius 2 is 1.95 bits per heavy atom. The van der Waals surface area contributed by atoms with Gasteiger partial charge in [0, 0.05) is 24.8 Å². The number of nitrogens with zero attached hydrogens (tertiary/aromatic N) is 1. The molecule has 20 heavy (non-hydrogen) atoms. The highest BCUT2D eigenvalue weighted by Crippen LogP contribution is 2.35. The van der Waals surface area contributed by atoms with E-state index in [0.29, 0.717) is 10.0 Å². The molecule has 0 amide bonds. The first-order valence-corrected chi connectivity index (χ1v) is 7.35. The fourth-order valence-corrected chi connectivity index (χ4v) is 3.02. The molecule has 2 aromatic rings. The number of aryl methyl sites for hydroxylation is 1. The van der Waals surface area contributed by atoms with E-state index in [2.05, 4.69) is 30.0 Å². The van der Waals surface area contributed by atoms with E-state index in [1.54, 1.807) is 0 Å². The van der Waals surface area contributed by atoms with Crippen LogP contribution in [0.1, 0.15) is 22.7 Å². The smallest absolute Gasteiger partial charge is 0.0595 e. The molecule has 1 aliphatic heterocycles. The van der Waals surface area contributed by atoms with Crippen molar-refractivity contribution in [1.82, 2.24) is 0 Å². The Hall–Kier alpha value is -1.22. The van der Waals surface area contributed by atoms with Crippen molar-refractivity contribution in [2.24, 2.45) is 5.73 Å². The second-order valence-corrected chi connectivity index (χ2v) is 6.11. The zero-order valence-corrected chi connectivity index (χ0v) is 12.7. The monoisotopic (exact) mass is 306 g/mol.